The van der Waals surface area contributed by atoms with Crippen LogP contribution in [0, 0.1) is 5.92 Å². The molecule has 0 saturated carbocycles. The van der Waals surface area contributed by atoms with E-state index < -0.39 is 0 Å². The number of piperazine rings is 1. The van der Waals surface area contributed by atoms with Gasteiger partial charge in [-0.1, -0.05) is 56.3 Å². The van der Waals surface area contributed by atoms with E-state index in [1.54, 1.807) is 0 Å². The quantitative estimate of drug-likeness (QED) is 0.881. The fraction of sp³-hybridized carbons (Fsp3) is 0.435. The van der Waals surface area contributed by atoms with E-state index in [1.807, 2.05) is 18.2 Å². The fourth-order valence-electron chi connectivity index (χ4n) is 4.86. The average molecular weight is 364 g/mol. The van der Waals surface area contributed by atoms with Crippen molar-refractivity contribution in [1.82, 2.24) is 10.2 Å². The molecule has 4 heteroatoms. The SMILES string of the molecule is CC1CN2C[C@H](c3ccccc3)NCC2CC1(C)c1cccc(C(N)=O)c1. The van der Waals surface area contributed by atoms with Gasteiger partial charge in [-0.3, -0.25) is 9.69 Å². The zero-order valence-corrected chi connectivity index (χ0v) is 16.2. The lowest BCUT2D eigenvalue weighted by Gasteiger charge is -2.53. The van der Waals surface area contributed by atoms with Gasteiger partial charge in [0.2, 0.25) is 5.91 Å². The summed E-state index contributed by atoms with van der Waals surface area (Å²) < 4.78 is 0. The third-order valence-electron chi connectivity index (χ3n) is 6.80. The Balaban J connectivity index is 1.54. The predicted molar refractivity (Wildman–Crippen MR) is 109 cm³/mol. The van der Waals surface area contributed by atoms with Gasteiger partial charge < -0.3 is 11.1 Å². The maximum absolute atomic E-state index is 11.6. The van der Waals surface area contributed by atoms with Crippen LogP contribution in [-0.2, 0) is 5.41 Å². The van der Waals surface area contributed by atoms with Crippen molar-refractivity contribution in [3.8, 4) is 0 Å². The third kappa shape index (κ3) is 3.40. The zero-order valence-electron chi connectivity index (χ0n) is 16.2. The summed E-state index contributed by atoms with van der Waals surface area (Å²) in [4.78, 5) is 14.3. The molecule has 142 valence electrons. The standard InChI is InChI=1S/C23H29N3O/c1-16-14-26-15-21(17-7-4-3-5-8-17)25-13-20(26)12-23(16,2)19-10-6-9-18(11-19)22(24)27/h3-11,16,20-21,25H,12-15H2,1-2H3,(H2,24,27)/t16?,20?,21-,23?/m1/s1. The molecule has 2 heterocycles. The first-order chi connectivity index (χ1) is 13.0. The van der Waals surface area contributed by atoms with Crippen LogP contribution in [0.1, 0.15) is 47.8 Å². The van der Waals surface area contributed by atoms with Crippen molar-refractivity contribution in [1.29, 1.82) is 0 Å². The molecule has 0 radical (unpaired) electrons. The number of hydrogen-bond donors (Lipinski definition) is 2. The van der Waals surface area contributed by atoms with Gasteiger partial charge in [0.05, 0.1) is 0 Å². The smallest absolute Gasteiger partial charge is 0.248 e. The van der Waals surface area contributed by atoms with Gasteiger partial charge in [-0.2, -0.15) is 0 Å². The van der Waals surface area contributed by atoms with Crippen molar-refractivity contribution in [2.24, 2.45) is 11.7 Å². The Labute approximate surface area is 161 Å². The van der Waals surface area contributed by atoms with E-state index in [-0.39, 0.29) is 11.3 Å². The molecule has 2 saturated heterocycles. The molecule has 2 aliphatic rings. The Morgan fingerprint density at radius 2 is 1.93 bits per heavy atom. The number of amides is 1. The molecule has 2 fully saturated rings. The maximum atomic E-state index is 11.6. The number of rotatable bonds is 3. The minimum Gasteiger partial charge on any atom is -0.366 e. The first-order valence-corrected chi connectivity index (χ1v) is 9.90. The molecule has 0 spiro atoms. The number of fused-ring (bicyclic) bond motifs is 1. The lowest BCUT2D eigenvalue weighted by atomic mass is 9.65. The van der Waals surface area contributed by atoms with E-state index in [9.17, 15) is 4.79 Å². The number of nitrogens with two attached hydrogens (primary N) is 1. The number of carbonyl (C=O) groups is 1. The van der Waals surface area contributed by atoms with Crippen molar-refractivity contribution in [3.63, 3.8) is 0 Å². The summed E-state index contributed by atoms with van der Waals surface area (Å²) in [5.74, 6) is 0.155. The average Bonchev–Trinajstić information content (AvgIpc) is 2.69. The lowest BCUT2D eigenvalue weighted by Crippen LogP contribution is -2.60. The van der Waals surface area contributed by atoms with Crippen LogP contribution in [0.4, 0.5) is 0 Å². The van der Waals surface area contributed by atoms with Gasteiger partial charge in [0.15, 0.2) is 0 Å². The molecule has 4 nitrogen and oxygen atoms in total. The number of piperidine rings is 1. The number of nitrogens with zero attached hydrogens (tertiary/aromatic N) is 1. The molecule has 2 aromatic carbocycles. The Morgan fingerprint density at radius 3 is 2.67 bits per heavy atom. The van der Waals surface area contributed by atoms with Gasteiger partial charge in [-0.05, 0) is 41.0 Å². The van der Waals surface area contributed by atoms with Gasteiger partial charge in [0.1, 0.15) is 0 Å². The number of nitrogens with one attached hydrogen (secondary N) is 1. The van der Waals surface area contributed by atoms with E-state index in [1.165, 1.54) is 11.1 Å². The molecule has 0 aliphatic carbocycles. The Bertz CT molecular complexity index is 821. The van der Waals surface area contributed by atoms with Crippen LogP contribution in [-0.4, -0.2) is 36.5 Å². The monoisotopic (exact) mass is 363 g/mol. The van der Waals surface area contributed by atoms with Crippen molar-refractivity contribution < 1.29 is 4.79 Å². The molecule has 3 N–H and O–H groups in total. The van der Waals surface area contributed by atoms with Crippen LogP contribution in [0.5, 0.6) is 0 Å². The van der Waals surface area contributed by atoms with Gasteiger partial charge in [-0.15, -0.1) is 0 Å². The van der Waals surface area contributed by atoms with Crippen molar-refractivity contribution in [3.05, 3.63) is 71.3 Å². The summed E-state index contributed by atoms with van der Waals surface area (Å²) in [6, 6.07) is 19.6. The Hall–Kier alpha value is -2.17. The summed E-state index contributed by atoms with van der Waals surface area (Å²) in [5.41, 5.74) is 8.76. The second kappa shape index (κ2) is 7.10. The number of carbonyl (C=O) groups excluding carboxylic acids is 1. The van der Waals surface area contributed by atoms with Gasteiger partial charge in [-0.25, -0.2) is 0 Å². The molecule has 0 aromatic heterocycles. The highest BCUT2D eigenvalue weighted by Crippen LogP contribution is 2.43. The van der Waals surface area contributed by atoms with Gasteiger partial charge in [0.25, 0.3) is 0 Å². The predicted octanol–water partition coefficient (Wildman–Crippen LogP) is 3.10. The van der Waals surface area contributed by atoms with Crippen LogP contribution < -0.4 is 11.1 Å². The molecule has 1 amide bonds. The highest BCUT2D eigenvalue weighted by atomic mass is 16.1. The molecule has 0 bridgehead atoms. The Kier molecular flexibility index (Phi) is 4.79. The minimum atomic E-state index is -0.351. The van der Waals surface area contributed by atoms with Crippen LogP contribution in [0.3, 0.4) is 0 Å². The highest BCUT2D eigenvalue weighted by Gasteiger charge is 2.44. The molecule has 4 rings (SSSR count). The van der Waals surface area contributed by atoms with Crippen LogP contribution in [0.25, 0.3) is 0 Å². The summed E-state index contributed by atoms with van der Waals surface area (Å²) in [6.07, 6.45) is 1.09. The zero-order chi connectivity index (χ0) is 19.0. The van der Waals surface area contributed by atoms with Crippen LogP contribution in [0.15, 0.2) is 54.6 Å². The van der Waals surface area contributed by atoms with Crippen molar-refractivity contribution in [2.75, 3.05) is 19.6 Å². The van der Waals surface area contributed by atoms with Crippen LogP contribution in [0.2, 0.25) is 0 Å². The minimum absolute atomic E-state index is 0.0495. The summed E-state index contributed by atoms with van der Waals surface area (Å²) in [5, 5.41) is 3.75. The maximum Gasteiger partial charge on any atom is 0.248 e. The largest absolute Gasteiger partial charge is 0.366 e. The molecule has 27 heavy (non-hydrogen) atoms. The summed E-state index contributed by atoms with van der Waals surface area (Å²) >= 11 is 0. The summed E-state index contributed by atoms with van der Waals surface area (Å²) in [7, 11) is 0. The van der Waals surface area contributed by atoms with E-state index in [2.05, 4.69) is 60.5 Å². The molecule has 4 atom stereocenters. The van der Waals surface area contributed by atoms with E-state index in [0.29, 0.717) is 23.6 Å². The Morgan fingerprint density at radius 1 is 1.15 bits per heavy atom. The molecule has 3 unspecified atom stereocenters. The normalized spacial score (nSPS) is 31.3. The first kappa shape index (κ1) is 18.2. The van der Waals surface area contributed by atoms with Crippen LogP contribution >= 0.6 is 0 Å². The topological polar surface area (TPSA) is 58.4 Å². The second-order valence-corrected chi connectivity index (χ2v) is 8.45. The van der Waals surface area contributed by atoms with E-state index in [0.717, 1.165) is 26.1 Å². The molecular weight excluding hydrogens is 334 g/mol. The lowest BCUT2D eigenvalue weighted by molar-refractivity contribution is 0.0242. The molecule has 2 aliphatic heterocycles. The second-order valence-electron chi connectivity index (χ2n) is 8.45. The molecular formula is C23H29N3O. The first-order valence-electron chi connectivity index (χ1n) is 9.90. The fourth-order valence-corrected chi connectivity index (χ4v) is 4.86. The molecule has 2 aromatic rings. The van der Waals surface area contributed by atoms with E-state index in [4.69, 9.17) is 5.73 Å². The highest BCUT2D eigenvalue weighted by molar-refractivity contribution is 5.92. The number of primary amides is 1. The van der Waals surface area contributed by atoms with Crippen molar-refractivity contribution >= 4 is 5.91 Å². The number of hydrogen-bond acceptors (Lipinski definition) is 3. The van der Waals surface area contributed by atoms with E-state index >= 15 is 0 Å². The van der Waals surface area contributed by atoms with Crippen molar-refractivity contribution in [2.45, 2.75) is 37.8 Å². The number of benzene rings is 2. The van der Waals surface area contributed by atoms with Gasteiger partial charge >= 0.3 is 0 Å². The van der Waals surface area contributed by atoms with Gasteiger partial charge in [0, 0.05) is 37.3 Å². The summed E-state index contributed by atoms with van der Waals surface area (Å²) in [6.45, 7) is 7.81. The third-order valence-corrected chi connectivity index (χ3v) is 6.80.